The Bertz CT molecular complexity index is 8840. The maximum atomic E-state index is 6.34. The molecule has 18 aromatic carbocycles. The fourth-order valence-corrected chi connectivity index (χ4v) is 25.3. The van der Waals surface area contributed by atoms with Crippen LogP contribution < -0.4 is 14.7 Å². The fraction of sp³-hybridized carbons (Fsp3) is 0. The van der Waals surface area contributed by atoms with E-state index in [4.69, 9.17) is 8.83 Å². The van der Waals surface area contributed by atoms with Crippen LogP contribution >= 0.6 is 45.3 Å². The van der Waals surface area contributed by atoms with E-state index >= 15 is 0 Å². The van der Waals surface area contributed by atoms with Crippen LogP contribution in [0.4, 0.5) is 51.2 Å². The number of rotatable bonds is 3. The Balaban J connectivity index is 0.0000000931. The van der Waals surface area contributed by atoms with Crippen molar-refractivity contribution in [3.8, 4) is 17.1 Å². The summed E-state index contributed by atoms with van der Waals surface area (Å²) in [5, 5.41) is 22.8. The molecule has 0 radical (unpaired) electrons. The Morgan fingerprint density at radius 1 is 0.167 bits per heavy atom. The number of fused-ring (bicyclic) bond motifs is 34. The Labute approximate surface area is 699 Å². The molecule has 120 heavy (non-hydrogen) atoms. The van der Waals surface area contributed by atoms with Gasteiger partial charge in [0, 0.05) is 121 Å². The average molecular weight is 1600 g/mol. The second-order valence-electron chi connectivity index (χ2n) is 31.6. The van der Waals surface area contributed by atoms with Gasteiger partial charge in [0.25, 0.3) is 0 Å². The average Bonchev–Trinajstić information content (AvgIpc) is 1.53. The minimum Gasteiger partial charge on any atom is -0.456 e. The lowest BCUT2D eigenvalue weighted by atomic mass is 10.1. The molecule has 30 rings (SSSR count). The first-order valence-electron chi connectivity index (χ1n) is 40.6. The minimum atomic E-state index is 0.921. The van der Waals surface area contributed by atoms with E-state index in [0.717, 1.165) is 38.5 Å². The zero-order chi connectivity index (χ0) is 77.8. The van der Waals surface area contributed by atoms with Gasteiger partial charge in [0.15, 0.2) is 0 Å². The summed E-state index contributed by atoms with van der Waals surface area (Å²) in [6, 6.07) is 132. The molecule has 12 heterocycles. The molecule has 3 aliphatic heterocycles. The third-order valence-electron chi connectivity index (χ3n) is 25.5. The predicted octanol–water partition coefficient (Wildman–Crippen LogP) is 33.0. The van der Waals surface area contributed by atoms with Crippen molar-refractivity contribution in [3.63, 3.8) is 0 Å². The molecule has 0 atom stereocenters. The van der Waals surface area contributed by atoms with Gasteiger partial charge in [-0.15, -0.1) is 45.3 Å². The highest BCUT2D eigenvalue weighted by molar-refractivity contribution is 7.27. The molecule has 0 fully saturated rings. The Morgan fingerprint density at radius 3 is 0.983 bits per heavy atom. The standard InChI is InChI=1S/2C36H20N2OS.C36H20N2S2/c1-5-17-30-25(10-1)33-31(39-30)20-19-23-22-11-7-15-28-34(22)38(35(23)33)27-14-4-3-13-26(27)37(28)29-16-8-12-24-21-9-2-6-18-32(21)40-36(24)29;1-5-17-32-21(9-1)26-19-25-23-11-7-15-29-35(23)38(31(25)20-33(26)39-32)28-14-4-3-13-27(28)37(29)30-16-8-12-24-22-10-2-6-18-34(22)40-36(24)30;1-6-18-33-21(9-1)24-12-8-16-30(36(24)40-33)37-27-13-3-4-14-28(27)38-31-20-34-26(22-10-2-5-17-32(22)39-34)19-25(31)23-11-7-15-29(37)35(23)38/h3*1-20H. The molecule has 0 unspecified atom stereocenters. The summed E-state index contributed by atoms with van der Waals surface area (Å²) in [6.07, 6.45) is 0. The van der Waals surface area contributed by atoms with E-state index in [9.17, 15) is 0 Å². The summed E-state index contributed by atoms with van der Waals surface area (Å²) >= 11 is 7.53. The van der Waals surface area contributed by atoms with Crippen LogP contribution in [0.2, 0.25) is 0 Å². The summed E-state index contributed by atoms with van der Waals surface area (Å²) in [4.78, 5) is 7.43. The molecule has 0 N–H and O–H groups in total. The number of furan rings is 2. The van der Waals surface area contributed by atoms with Crippen molar-refractivity contribution >= 4 is 287 Å². The Morgan fingerprint density at radius 2 is 0.492 bits per heavy atom. The second kappa shape index (κ2) is 24.4. The lowest BCUT2D eigenvalue weighted by Gasteiger charge is -2.33. The van der Waals surface area contributed by atoms with Crippen LogP contribution in [0.15, 0.2) is 373 Å². The maximum Gasteiger partial charge on any atom is 0.137 e. The third-order valence-corrected chi connectivity index (χ3v) is 30.2. The van der Waals surface area contributed by atoms with Gasteiger partial charge in [-0.1, -0.05) is 218 Å². The van der Waals surface area contributed by atoms with E-state index in [1.54, 1.807) is 0 Å². The van der Waals surface area contributed by atoms with Crippen LogP contribution in [0.3, 0.4) is 0 Å². The van der Waals surface area contributed by atoms with E-state index in [1.165, 1.54) is 220 Å². The summed E-state index contributed by atoms with van der Waals surface area (Å²) in [5.74, 6) is 0. The highest BCUT2D eigenvalue weighted by Gasteiger charge is 2.35. The quantitative estimate of drug-likeness (QED) is 0.176. The zero-order valence-electron chi connectivity index (χ0n) is 63.8. The molecule has 0 saturated carbocycles. The Hall–Kier alpha value is -14.8. The first-order valence-corrected chi connectivity index (χ1v) is 43.9. The molecular formula is C108H60N6O2S4. The molecule has 27 aromatic rings. The van der Waals surface area contributed by atoms with Crippen molar-refractivity contribution in [1.29, 1.82) is 0 Å². The smallest absolute Gasteiger partial charge is 0.137 e. The number of para-hydroxylation sites is 11. The predicted molar refractivity (Wildman–Crippen MR) is 513 cm³/mol. The van der Waals surface area contributed by atoms with Gasteiger partial charge < -0.3 is 37.2 Å². The first kappa shape index (κ1) is 65.4. The number of nitrogens with zero attached hydrogens (tertiary/aromatic N) is 6. The number of hydrogen-bond donors (Lipinski definition) is 0. The number of benzene rings is 18. The van der Waals surface area contributed by atoms with E-state index in [0.29, 0.717) is 0 Å². The van der Waals surface area contributed by atoms with Crippen molar-refractivity contribution in [2.75, 3.05) is 14.7 Å². The molecule has 0 saturated heterocycles. The Kier molecular flexibility index (Phi) is 13.3. The van der Waals surface area contributed by atoms with E-state index in [1.807, 2.05) is 57.5 Å². The van der Waals surface area contributed by atoms with Gasteiger partial charge in [0.1, 0.15) is 22.3 Å². The van der Waals surface area contributed by atoms with E-state index < -0.39 is 0 Å². The highest BCUT2D eigenvalue weighted by atomic mass is 32.1. The molecule has 9 aromatic heterocycles. The van der Waals surface area contributed by atoms with Gasteiger partial charge in [-0.25, -0.2) is 0 Å². The maximum absolute atomic E-state index is 6.34. The largest absolute Gasteiger partial charge is 0.456 e. The van der Waals surface area contributed by atoms with Gasteiger partial charge in [0.05, 0.1) is 121 Å². The van der Waals surface area contributed by atoms with Gasteiger partial charge in [0.2, 0.25) is 0 Å². The molecule has 0 spiro atoms. The van der Waals surface area contributed by atoms with Crippen LogP contribution in [0.25, 0.3) is 207 Å². The van der Waals surface area contributed by atoms with Crippen LogP contribution in [0.5, 0.6) is 0 Å². The number of anilines is 9. The summed E-state index contributed by atoms with van der Waals surface area (Å²) < 4.78 is 30.7. The van der Waals surface area contributed by atoms with Crippen molar-refractivity contribution < 1.29 is 8.83 Å². The summed E-state index contributed by atoms with van der Waals surface area (Å²) in [6.45, 7) is 0. The van der Waals surface area contributed by atoms with Gasteiger partial charge in [-0.3, -0.25) is 0 Å². The molecule has 558 valence electrons. The third kappa shape index (κ3) is 8.85. The zero-order valence-corrected chi connectivity index (χ0v) is 67.0. The lowest BCUT2D eigenvalue weighted by Crippen LogP contribution is -2.18. The molecule has 0 amide bonds. The van der Waals surface area contributed by atoms with Crippen molar-refractivity contribution in [3.05, 3.63) is 364 Å². The fourth-order valence-electron chi connectivity index (χ4n) is 20.6. The van der Waals surface area contributed by atoms with Crippen molar-refractivity contribution in [2.24, 2.45) is 0 Å². The molecule has 3 aliphatic rings. The monoisotopic (exact) mass is 1600 g/mol. The van der Waals surface area contributed by atoms with Gasteiger partial charge >= 0.3 is 0 Å². The molecular weight excluding hydrogens is 1540 g/mol. The second-order valence-corrected chi connectivity index (χ2v) is 35.9. The van der Waals surface area contributed by atoms with E-state index in [2.05, 4.69) is 380 Å². The van der Waals surface area contributed by atoms with Crippen LogP contribution in [0, 0.1) is 0 Å². The molecule has 0 bridgehead atoms. The topological polar surface area (TPSA) is 50.8 Å². The lowest BCUT2D eigenvalue weighted by molar-refractivity contribution is 0.669. The van der Waals surface area contributed by atoms with Crippen molar-refractivity contribution in [1.82, 2.24) is 13.7 Å². The first-order chi connectivity index (χ1) is 59.6. The normalized spacial score (nSPS) is 12.9. The van der Waals surface area contributed by atoms with Crippen LogP contribution in [-0.4, -0.2) is 13.7 Å². The number of aromatic nitrogens is 3. The number of hydrogen-bond acceptors (Lipinski definition) is 9. The summed E-state index contributed by atoms with van der Waals surface area (Å²) in [5.41, 5.74) is 25.5. The van der Waals surface area contributed by atoms with Crippen LogP contribution in [-0.2, 0) is 0 Å². The van der Waals surface area contributed by atoms with Gasteiger partial charge in [-0.05, 0) is 140 Å². The molecule has 12 heteroatoms. The molecule has 0 aliphatic carbocycles. The minimum absolute atomic E-state index is 0.921. The van der Waals surface area contributed by atoms with Gasteiger partial charge in [-0.2, -0.15) is 0 Å². The highest BCUT2D eigenvalue weighted by Crippen LogP contribution is 2.59. The summed E-state index contributed by atoms with van der Waals surface area (Å²) in [7, 11) is 0. The number of thiophene rings is 4. The SMILES string of the molecule is c1ccc2c(c1)N(c1cccc3c1sc1ccccc13)c1cccc3c4cc5c(cc4n-2c13)oc1ccccc15.c1ccc2c(c1)N(c1cccc3c1sc1ccccc13)c1cccc3c4cc5c(cc4n-2c13)sc1ccccc15.c1ccc2c(c1)N(c1cccc3c1sc1ccccc13)c1cccc3c4ccc5oc6ccccc6c5c4n-2c13. The van der Waals surface area contributed by atoms with Crippen LogP contribution in [0.1, 0.15) is 0 Å². The van der Waals surface area contributed by atoms with Crippen molar-refractivity contribution in [2.45, 2.75) is 0 Å². The van der Waals surface area contributed by atoms with E-state index in [-0.39, 0.29) is 0 Å². The molecule has 8 nitrogen and oxygen atoms in total.